The number of hydrogen-bond acceptors (Lipinski definition) is 6. The number of methoxy groups -OCH3 is 1. The molecule has 4 aromatic rings. The first-order valence-corrected chi connectivity index (χ1v) is 13.6. The third-order valence-corrected chi connectivity index (χ3v) is 7.69. The van der Waals surface area contributed by atoms with Crippen molar-refractivity contribution >= 4 is 34.6 Å². The number of thiocarbonyl (C=S) groups is 1. The van der Waals surface area contributed by atoms with Crippen molar-refractivity contribution in [2.45, 2.75) is 32.4 Å². The van der Waals surface area contributed by atoms with E-state index < -0.39 is 10.7 Å². The Kier molecular flexibility index (Phi) is 8.16. The zero-order valence-corrected chi connectivity index (χ0v) is 24.0. The molecule has 1 saturated heterocycles. The van der Waals surface area contributed by atoms with E-state index in [1.165, 1.54) is 25.3 Å². The van der Waals surface area contributed by atoms with Crippen LogP contribution in [-0.4, -0.2) is 44.0 Å². The first-order chi connectivity index (χ1) is 20.2. The number of hydrogen-bond donors (Lipinski definition) is 2. The highest BCUT2D eigenvalue weighted by Gasteiger charge is 2.41. The van der Waals surface area contributed by atoms with Gasteiger partial charge in [-0.15, -0.1) is 0 Å². The van der Waals surface area contributed by atoms with Crippen molar-refractivity contribution in [2.75, 3.05) is 19.0 Å². The minimum Gasteiger partial charge on any atom is -0.496 e. The third kappa shape index (κ3) is 5.53. The molecule has 1 aliphatic heterocycles. The monoisotopic (exact) mass is 588 g/mol. The summed E-state index contributed by atoms with van der Waals surface area (Å²) in [6.45, 7) is 4.02. The molecule has 2 aromatic carbocycles. The van der Waals surface area contributed by atoms with Crippen molar-refractivity contribution < 1.29 is 18.8 Å². The van der Waals surface area contributed by atoms with E-state index in [9.17, 15) is 19.3 Å². The molecule has 216 valence electrons. The number of halogens is 1. The molecule has 12 heteroatoms. The largest absolute Gasteiger partial charge is 0.496 e. The van der Waals surface area contributed by atoms with Gasteiger partial charge in [0.25, 0.3) is 5.69 Å². The van der Waals surface area contributed by atoms with Gasteiger partial charge in [-0.05, 0) is 74.1 Å². The van der Waals surface area contributed by atoms with Crippen molar-refractivity contribution in [3.63, 3.8) is 0 Å². The Balaban J connectivity index is 1.52. The van der Waals surface area contributed by atoms with E-state index in [2.05, 4.69) is 15.6 Å². The van der Waals surface area contributed by atoms with Crippen LogP contribution in [0.1, 0.15) is 41.1 Å². The number of pyridine rings is 1. The molecule has 42 heavy (non-hydrogen) atoms. The summed E-state index contributed by atoms with van der Waals surface area (Å²) in [7, 11) is 1.46. The van der Waals surface area contributed by atoms with Crippen LogP contribution in [0.2, 0.25) is 0 Å². The average molecular weight is 589 g/mol. The fraction of sp³-hybridized carbons (Fsp3) is 0.233. The van der Waals surface area contributed by atoms with Gasteiger partial charge in [0.2, 0.25) is 5.91 Å². The maximum Gasteiger partial charge on any atom is 0.296 e. The normalized spacial score (nSPS) is 16.3. The molecular weight excluding hydrogens is 559 g/mol. The van der Waals surface area contributed by atoms with Crippen molar-refractivity contribution in [2.24, 2.45) is 0 Å². The van der Waals surface area contributed by atoms with Crippen molar-refractivity contribution in [3.8, 4) is 11.4 Å². The van der Waals surface area contributed by atoms with Gasteiger partial charge in [-0.2, -0.15) is 0 Å². The van der Waals surface area contributed by atoms with E-state index in [4.69, 9.17) is 17.0 Å². The average Bonchev–Trinajstić information content (AvgIpc) is 3.47. The SMILES string of the molecule is COc1ccc(-n2c(C)cc([C@@H]3[C@@H](c4ccccn4)NC(=S)N3CCC(=O)Nc3ccccc3F)c2C)c([N+](=O)[O-])c1. The molecule has 0 saturated carbocycles. The summed E-state index contributed by atoms with van der Waals surface area (Å²) in [5.74, 6) is -0.492. The number of para-hydroxylation sites is 1. The highest BCUT2D eigenvalue weighted by molar-refractivity contribution is 7.80. The molecule has 10 nitrogen and oxygen atoms in total. The number of aromatic nitrogens is 2. The lowest BCUT2D eigenvalue weighted by molar-refractivity contribution is -0.384. The Hall–Kier alpha value is -4.84. The van der Waals surface area contributed by atoms with Crippen LogP contribution in [0, 0.1) is 29.8 Å². The zero-order valence-electron chi connectivity index (χ0n) is 23.2. The van der Waals surface area contributed by atoms with Gasteiger partial charge in [0.1, 0.15) is 17.3 Å². The summed E-state index contributed by atoms with van der Waals surface area (Å²) >= 11 is 5.74. The number of carbonyl (C=O) groups is 1. The van der Waals surface area contributed by atoms with E-state index in [0.29, 0.717) is 16.5 Å². The van der Waals surface area contributed by atoms with Crippen LogP contribution in [0.15, 0.2) is 72.9 Å². The van der Waals surface area contributed by atoms with Crippen LogP contribution < -0.4 is 15.4 Å². The Bertz CT molecular complexity index is 1660. The Morgan fingerprint density at radius 1 is 1.17 bits per heavy atom. The number of ether oxygens (including phenoxy) is 1. The zero-order chi connectivity index (χ0) is 30.0. The molecule has 0 spiro atoms. The summed E-state index contributed by atoms with van der Waals surface area (Å²) in [4.78, 5) is 30.9. The number of nitro benzene ring substituents is 1. The van der Waals surface area contributed by atoms with Gasteiger partial charge in [-0.1, -0.05) is 18.2 Å². The van der Waals surface area contributed by atoms with E-state index in [0.717, 1.165) is 22.6 Å². The second-order valence-electron chi connectivity index (χ2n) is 9.87. The summed E-state index contributed by atoms with van der Waals surface area (Å²) in [5, 5.41) is 18.4. The number of amides is 1. The number of anilines is 1. The highest BCUT2D eigenvalue weighted by atomic mass is 32.1. The predicted molar refractivity (Wildman–Crippen MR) is 160 cm³/mol. The van der Waals surface area contributed by atoms with Crippen molar-refractivity contribution in [1.82, 2.24) is 19.8 Å². The molecule has 1 fully saturated rings. The van der Waals surface area contributed by atoms with Crippen molar-refractivity contribution in [3.05, 3.63) is 112 Å². The second-order valence-corrected chi connectivity index (χ2v) is 10.3. The van der Waals surface area contributed by atoms with Crippen LogP contribution in [0.4, 0.5) is 15.8 Å². The minimum absolute atomic E-state index is 0.0459. The highest BCUT2D eigenvalue weighted by Crippen LogP contribution is 2.42. The number of nitro groups is 1. The maximum absolute atomic E-state index is 14.1. The topological polar surface area (TPSA) is 115 Å². The molecule has 2 atom stereocenters. The number of rotatable bonds is 9. The first-order valence-electron chi connectivity index (χ1n) is 13.2. The fourth-order valence-electron chi connectivity index (χ4n) is 5.41. The Labute approximate surface area is 247 Å². The van der Waals surface area contributed by atoms with Gasteiger partial charge in [0, 0.05) is 30.6 Å². The molecule has 0 unspecified atom stereocenters. The van der Waals surface area contributed by atoms with Gasteiger partial charge in [0.05, 0.1) is 41.6 Å². The van der Waals surface area contributed by atoms with E-state index in [1.807, 2.05) is 47.6 Å². The van der Waals surface area contributed by atoms with Gasteiger partial charge in [-0.3, -0.25) is 19.9 Å². The van der Waals surface area contributed by atoms with Gasteiger partial charge in [0.15, 0.2) is 5.11 Å². The number of nitrogens with one attached hydrogen (secondary N) is 2. The molecule has 0 bridgehead atoms. The molecule has 5 rings (SSSR count). The molecule has 1 aliphatic rings. The molecular formula is C30H29FN6O4S. The fourth-order valence-corrected chi connectivity index (χ4v) is 5.74. The molecule has 1 amide bonds. The van der Waals surface area contributed by atoms with Gasteiger partial charge in [-0.25, -0.2) is 4.39 Å². The molecule has 0 aliphatic carbocycles. The van der Waals surface area contributed by atoms with E-state index in [1.54, 1.807) is 30.5 Å². The molecule has 0 radical (unpaired) electrons. The number of nitrogens with zero attached hydrogens (tertiary/aromatic N) is 4. The lowest BCUT2D eigenvalue weighted by Gasteiger charge is -2.28. The van der Waals surface area contributed by atoms with Crippen LogP contribution in [0.3, 0.4) is 0 Å². The summed E-state index contributed by atoms with van der Waals surface area (Å²) in [6.07, 6.45) is 1.75. The Morgan fingerprint density at radius 2 is 1.93 bits per heavy atom. The third-order valence-electron chi connectivity index (χ3n) is 7.33. The lowest BCUT2D eigenvalue weighted by Crippen LogP contribution is -2.33. The minimum atomic E-state index is -0.516. The van der Waals surface area contributed by atoms with Crippen molar-refractivity contribution in [1.29, 1.82) is 0 Å². The first kappa shape index (κ1) is 28.7. The van der Waals surface area contributed by atoms with E-state index in [-0.39, 0.29) is 42.3 Å². The standard InChI is InChI=1S/C30H29FN6O4S/c1-18-16-21(19(2)36(18)25-12-11-20(41-3)17-26(25)37(39)40)29-28(24-10-6-7-14-32-24)34-30(42)35(29)15-13-27(38)33-23-9-5-4-8-22(23)31/h4-12,14,16-17,28-29H,13,15H2,1-3H3,(H,33,38)(H,34,42)/t28-,29-/m1/s1. The number of benzene rings is 2. The van der Waals surface area contributed by atoms with Gasteiger partial charge >= 0.3 is 0 Å². The van der Waals surface area contributed by atoms with Crippen LogP contribution in [-0.2, 0) is 4.79 Å². The predicted octanol–water partition coefficient (Wildman–Crippen LogP) is 5.55. The van der Waals surface area contributed by atoms with Crippen LogP contribution >= 0.6 is 12.2 Å². The number of aryl methyl sites for hydroxylation is 1. The number of carbonyl (C=O) groups excluding carboxylic acids is 1. The van der Waals surface area contributed by atoms with E-state index >= 15 is 0 Å². The molecule has 2 aromatic heterocycles. The lowest BCUT2D eigenvalue weighted by atomic mass is 9.96. The quantitative estimate of drug-likeness (QED) is 0.149. The maximum atomic E-state index is 14.1. The Morgan fingerprint density at radius 3 is 2.62 bits per heavy atom. The molecule has 2 N–H and O–H groups in total. The summed E-state index contributed by atoms with van der Waals surface area (Å²) in [6, 6.07) is 17.6. The summed E-state index contributed by atoms with van der Waals surface area (Å²) < 4.78 is 21.2. The molecule has 3 heterocycles. The van der Waals surface area contributed by atoms with Crippen LogP contribution in [0.25, 0.3) is 5.69 Å². The van der Waals surface area contributed by atoms with Gasteiger partial charge < -0.3 is 24.8 Å². The summed E-state index contributed by atoms with van der Waals surface area (Å²) in [5.41, 5.74) is 3.60. The second kappa shape index (κ2) is 12.0. The van der Waals surface area contributed by atoms with Crippen LogP contribution in [0.5, 0.6) is 5.75 Å². The smallest absolute Gasteiger partial charge is 0.296 e.